The second-order valence-corrected chi connectivity index (χ2v) is 5.37. The van der Waals surface area contributed by atoms with Gasteiger partial charge < -0.3 is 15.1 Å². The number of nitrogens with one attached hydrogen (secondary N) is 2. The van der Waals surface area contributed by atoms with Gasteiger partial charge in [-0.15, -0.1) is 0 Å². The number of carbonyl (C=O) groups is 1. The van der Waals surface area contributed by atoms with E-state index in [4.69, 9.17) is 4.42 Å². The first-order valence-electron chi connectivity index (χ1n) is 7.49. The molecular formula is C17H20N2O2. The van der Waals surface area contributed by atoms with Gasteiger partial charge in [0.05, 0.1) is 12.3 Å². The molecule has 0 radical (unpaired) electrons. The number of hydrogen-bond acceptors (Lipinski definition) is 3. The average Bonchev–Trinajstić information content (AvgIpc) is 2.99. The SMILES string of the molecule is CCC(=O)Nc1ccc(NC2CCCc3occc32)cc1. The molecule has 110 valence electrons. The summed E-state index contributed by atoms with van der Waals surface area (Å²) in [6.45, 7) is 1.84. The van der Waals surface area contributed by atoms with E-state index in [1.165, 1.54) is 5.56 Å². The van der Waals surface area contributed by atoms with E-state index in [1.807, 2.05) is 31.2 Å². The van der Waals surface area contributed by atoms with Crippen molar-refractivity contribution < 1.29 is 9.21 Å². The summed E-state index contributed by atoms with van der Waals surface area (Å²) in [4.78, 5) is 11.4. The number of anilines is 2. The number of rotatable bonds is 4. The van der Waals surface area contributed by atoms with Crippen molar-refractivity contribution in [2.24, 2.45) is 0 Å². The fraction of sp³-hybridized carbons (Fsp3) is 0.353. The van der Waals surface area contributed by atoms with E-state index in [9.17, 15) is 4.79 Å². The Hall–Kier alpha value is -2.23. The van der Waals surface area contributed by atoms with E-state index in [0.29, 0.717) is 12.5 Å². The Morgan fingerprint density at radius 1 is 1.24 bits per heavy atom. The van der Waals surface area contributed by atoms with Gasteiger partial charge in [0, 0.05) is 29.8 Å². The number of hydrogen-bond donors (Lipinski definition) is 2. The van der Waals surface area contributed by atoms with Crippen LogP contribution in [0.3, 0.4) is 0 Å². The van der Waals surface area contributed by atoms with E-state index in [1.54, 1.807) is 6.26 Å². The minimum atomic E-state index is 0.0334. The highest BCUT2D eigenvalue weighted by Gasteiger charge is 2.22. The third kappa shape index (κ3) is 3.10. The molecule has 1 aromatic carbocycles. The largest absolute Gasteiger partial charge is 0.469 e. The molecule has 1 atom stereocenters. The van der Waals surface area contributed by atoms with Gasteiger partial charge in [-0.3, -0.25) is 4.79 Å². The molecular weight excluding hydrogens is 264 g/mol. The van der Waals surface area contributed by atoms with Crippen LogP contribution in [0.4, 0.5) is 11.4 Å². The molecule has 3 rings (SSSR count). The van der Waals surface area contributed by atoms with Gasteiger partial charge in [0.25, 0.3) is 0 Å². The van der Waals surface area contributed by atoms with Gasteiger partial charge in [0.1, 0.15) is 5.76 Å². The van der Waals surface area contributed by atoms with Gasteiger partial charge in [-0.05, 0) is 43.2 Å². The van der Waals surface area contributed by atoms with Crippen LogP contribution in [0.25, 0.3) is 0 Å². The van der Waals surface area contributed by atoms with Crippen molar-refractivity contribution in [1.82, 2.24) is 0 Å². The summed E-state index contributed by atoms with van der Waals surface area (Å²) in [6.07, 6.45) is 5.55. The van der Waals surface area contributed by atoms with E-state index in [2.05, 4.69) is 16.7 Å². The molecule has 1 aliphatic carbocycles. The summed E-state index contributed by atoms with van der Waals surface area (Å²) < 4.78 is 5.51. The molecule has 0 aliphatic heterocycles. The zero-order valence-corrected chi connectivity index (χ0v) is 12.2. The van der Waals surface area contributed by atoms with Crippen molar-refractivity contribution in [3.05, 3.63) is 47.9 Å². The molecule has 2 N–H and O–H groups in total. The molecule has 0 bridgehead atoms. The molecule has 4 heteroatoms. The van der Waals surface area contributed by atoms with Gasteiger partial charge in [0.15, 0.2) is 0 Å². The van der Waals surface area contributed by atoms with Crippen LogP contribution in [0.1, 0.15) is 43.6 Å². The average molecular weight is 284 g/mol. The smallest absolute Gasteiger partial charge is 0.224 e. The summed E-state index contributed by atoms with van der Waals surface area (Å²) in [6, 6.07) is 10.2. The summed E-state index contributed by atoms with van der Waals surface area (Å²) in [5.74, 6) is 1.14. The quantitative estimate of drug-likeness (QED) is 0.888. The summed E-state index contributed by atoms with van der Waals surface area (Å²) >= 11 is 0. The Morgan fingerprint density at radius 3 is 2.76 bits per heavy atom. The second kappa shape index (κ2) is 6.04. The third-order valence-corrected chi connectivity index (χ3v) is 3.88. The summed E-state index contributed by atoms with van der Waals surface area (Å²) in [5, 5.41) is 6.40. The fourth-order valence-corrected chi connectivity index (χ4v) is 2.74. The number of fused-ring (bicyclic) bond motifs is 1. The number of benzene rings is 1. The molecule has 1 amide bonds. The van der Waals surface area contributed by atoms with Gasteiger partial charge in [-0.25, -0.2) is 0 Å². The molecule has 1 aromatic heterocycles. The lowest BCUT2D eigenvalue weighted by molar-refractivity contribution is -0.115. The van der Waals surface area contributed by atoms with Crippen molar-refractivity contribution in [3.8, 4) is 0 Å². The van der Waals surface area contributed by atoms with Crippen LogP contribution in [0.2, 0.25) is 0 Å². The van der Waals surface area contributed by atoms with Crippen LogP contribution < -0.4 is 10.6 Å². The highest BCUT2D eigenvalue weighted by Crippen LogP contribution is 2.33. The van der Waals surface area contributed by atoms with Gasteiger partial charge in [0.2, 0.25) is 5.91 Å². The van der Waals surface area contributed by atoms with Gasteiger partial charge in [-0.2, -0.15) is 0 Å². The molecule has 0 saturated carbocycles. The molecule has 2 aromatic rings. The normalized spacial score (nSPS) is 17.1. The maximum atomic E-state index is 11.4. The van der Waals surface area contributed by atoms with Crippen molar-refractivity contribution in [1.29, 1.82) is 0 Å². The Kier molecular flexibility index (Phi) is 3.95. The van der Waals surface area contributed by atoms with E-state index in [-0.39, 0.29) is 5.91 Å². The molecule has 1 heterocycles. The van der Waals surface area contributed by atoms with E-state index >= 15 is 0 Å². The van der Waals surface area contributed by atoms with Crippen LogP contribution >= 0.6 is 0 Å². The number of furan rings is 1. The Morgan fingerprint density at radius 2 is 2.00 bits per heavy atom. The minimum Gasteiger partial charge on any atom is -0.469 e. The first-order valence-corrected chi connectivity index (χ1v) is 7.49. The van der Waals surface area contributed by atoms with Crippen molar-refractivity contribution in [3.63, 3.8) is 0 Å². The highest BCUT2D eigenvalue weighted by atomic mass is 16.3. The lowest BCUT2D eigenvalue weighted by Gasteiger charge is -2.23. The van der Waals surface area contributed by atoms with Crippen molar-refractivity contribution >= 4 is 17.3 Å². The van der Waals surface area contributed by atoms with Crippen LogP contribution in [0.5, 0.6) is 0 Å². The zero-order chi connectivity index (χ0) is 14.7. The molecule has 1 unspecified atom stereocenters. The number of amides is 1. The Labute approximate surface area is 124 Å². The molecule has 4 nitrogen and oxygen atoms in total. The zero-order valence-electron chi connectivity index (χ0n) is 12.2. The van der Waals surface area contributed by atoms with Crippen LogP contribution in [-0.4, -0.2) is 5.91 Å². The monoisotopic (exact) mass is 284 g/mol. The molecule has 1 aliphatic rings. The summed E-state index contributed by atoms with van der Waals surface area (Å²) in [7, 11) is 0. The molecule has 0 saturated heterocycles. The number of aryl methyl sites for hydroxylation is 1. The number of carbonyl (C=O) groups excluding carboxylic acids is 1. The van der Waals surface area contributed by atoms with E-state index < -0.39 is 0 Å². The maximum absolute atomic E-state index is 11.4. The lowest BCUT2D eigenvalue weighted by Crippen LogP contribution is -2.16. The van der Waals surface area contributed by atoms with Crippen molar-refractivity contribution in [2.75, 3.05) is 10.6 Å². The van der Waals surface area contributed by atoms with Crippen LogP contribution in [0.15, 0.2) is 41.0 Å². The fourth-order valence-electron chi connectivity index (χ4n) is 2.74. The van der Waals surface area contributed by atoms with Crippen LogP contribution in [-0.2, 0) is 11.2 Å². The first kappa shape index (κ1) is 13.7. The molecule has 0 fully saturated rings. The Balaban J connectivity index is 1.68. The standard InChI is InChI=1S/C17H20N2O2/c1-2-17(20)19-13-8-6-12(7-9-13)18-15-4-3-5-16-14(15)10-11-21-16/h6-11,15,18H,2-5H2,1H3,(H,19,20). The minimum absolute atomic E-state index is 0.0334. The third-order valence-electron chi connectivity index (χ3n) is 3.88. The predicted molar refractivity (Wildman–Crippen MR) is 83.4 cm³/mol. The van der Waals surface area contributed by atoms with Crippen LogP contribution in [0, 0.1) is 0 Å². The molecule has 21 heavy (non-hydrogen) atoms. The predicted octanol–water partition coefficient (Wildman–Crippen LogP) is 4.12. The van der Waals surface area contributed by atoms with Crippen molar-refractivity contribution in [2.45, 2.75) is 38.6 Å². The first-order chi connectivity index (χ1) is 10.3. The molecule has 0 spiro atoms. The lowest BCUT2D eigenvalue weighted by atomic mass is 9.93. The van der Waals surface area contributed by atoms with Gasteiger partial charge >= 0.3 is 0 Å². The summed E-state index contributed by atoms with van der Waals surface area (Å²) in [5.41, 5.74) is 3.16. The Bertz CT molecular complexity index is 616. The topological polar surface area (TPSA) is 54.3 Å². The van der Waals surface area contributed by atoms with Gasteiger partial charge in [-0.1, -0.05) is 6.92 Å². The second-order valence-electron chi connectivity index (χ2n) is 5.37. The highest BCUT2D eigenvalue weighted by molar-refractivity contribution is 5.90. The maximum Gasteiger partial charge on any atom is 0.224 e. The van der Waals surface area contributed by atoms with E-state index in [0.717, 1.165) is 36.4 Å².